The molecular formula is C14H23N3OS. The van der Waals surface area contributed by atoms with Gasteiger partial charge in [0.2, 0.25) is 0 Å². The minimum atomic E-state index is -0.107. The molecule has 1 amide bonds. The molecule has 1 aromatic heterocycles. The molecule has 1 atom stereocenters. The van der Waals surface area contributed by atoms with Crippen LogP contribution in [0.25, 0.3) is 0 Å². The van der Waals surface area contributed by atoms with E-state index in [0.717, 1.165) is 30.2 Å². The van der Waals surface area contributed by atoms with Crippen LogP contribution in [0.4, 0.5) is 5.69 Å². The first kappa shape index (κ1) is 15.8. The SMILES string of the molecule is CCCNc1ccnc(C(=O)NC(C)CSCC)c1. The second kappa shape index (κ2) is 8.80. The summed E-state index contributed by atoms with van der Waals surface area (Å²) in [6, 6.07) is 3.83. The summed E-state index contributed by atoms with van der Waals surface area (Å²) >= 11 is 1.82. The number of rotatable bonds is 8. The molecule has 0 radical (unpaired) electrons. The Bertz CT molecular complexity index is 398. The Balaban J connectivity index is 2.56. The van der Waals surface area contributed by atoms with E-state index >= 15 is 0 Å². The topological polar surface area (TPSA) is 54.0 Å². The third-order valence-electron chi connectivity index (χ3n) is 2.52. The van der Waals surface area contributed by atoms with Gasteiger partial charge >= 0.3 is 0 Å². The van der Waals surface area contributed by atoms with Crippen molar-refractivity contribution in [2.45, 2.75) is 33.2 Å². The molecule has 0 aromatic carbocycles. The molecule has 2 N–H and O–H groups in total. The standard InChI is InChI=1S/C14H23N3OS/c1-4-7-15-12-6-8-16-13(9-12)14(18)17-11(3)10-19-5-2/h6,8-9,11H,4-5,7,10H2,1-3H3,(H,15,16)(H,17,18). The Labute approximate surface area is 119 Å². The number of pyridine rings is 1. The predicted octanol–water partition coefficient (Wildman–Crippen LogP) is 2.77. The van der Waals surface area contributed by atoms with Crippen molar-refractivity contribution in [3.63, 3.8) is 0 Å². The van der Waals surface area contributed by atoms with E-state index in [2.05, 4.69) is 29.5 Å². The summed E-state index contributed by atoms with van der Waals surface area (Å²) in [6.45, 7) is 7.13. The first-order valence-electron chi connectivity index (χ1n) is 6.75. The Kier molecular flexibility index (Phi) is 7.33. The molecule has 106 valence electrons. The number of carbonyl (C=O) groups is 1. The van der Waals surface area contributed by atoms with Crippen LogP contribution in [0.2, 0.25) is 0 Å². The molecule has 1 aromatic rings. The summed E-state index contributed by atoms with van der Waals surface area (Å²) in [5, 5.41) is 6.22. The van der Waals surface area contributed by atoms with Gasteiger partial charge in [-0.05, 0) is 31.2 Å². The van der Waals surface area contributed by atoms with Crippen molar-refractivity contribution in [3.05, 3.63) is 24.0 Å². The van der Waals surface area contributed by atoms with Crippen molar-refractivity contribution in [2.24, 2.45) is 0 Å². The number of anilines is 1. The molecule has 0 aliphatic carbocycles. The minimum Gasteiger partial charge on any atom is -0.385 e. The molecule has 0 aliphatic heterocycles. The molecule has 0 spiro atoms. The van der Waals surface area contributed by atoms with Gasteiger partial charge in [0.05, 0.1) is 0 Å². The van der Waals surface area contributed by atoms with Crippen LogP contribution < -0.4 is 10.6 Å². The molecule has 0 aliphatic rings. The lowest BCUT2D eigenvalue weighted by Gasteiger charge is -2.13. The van der Waals surface area contributed by atoms with Gasteiger partial charge in [-0.3, -0.25) is 9.78 Å². The van der Waals surface area contributed by atoms with Gasteiger partial charge < -0.3 is 10.6 Å². The zero-order valence-electron chi connectivity index (χ0n) is 11.9. The lowest BCUT2D eigenvalue weighted by molar-refractivity contribution is 0.0939. The molecular weight excluding hydrogens is 258 g/mol. The fourth-order valence-electron chi connectivity index (χ4n) is 1.57. The van der Waals surface area contributed by atoms with Crippen molar-refractivity contribution in [1.82, 2.24) is 10.3 Å². The van der Waals surface area contributed by atoms with Crippen LogP contribution in [0.1, 0.15) is 37.7 Å². The van der Waals surface area contributed by atoms with E-state index < -0.39 is 0 Å². The van der Waals surface area contributed by atoms with Gasteiger partial charge in [0.15, 0.2) is 0 Å². The third-order valence-corrected chi connectivity index (χ3v) is 3.67. The first-order chi connectivity index (χ1) is 9.17. The van der Waals surface area contributed by atoms with Crippen molar-refractivity contribution >= 4 is 23.4 Å². The first-order valence-corrected chi connectivity index (χ1v) is 7.91. The van der Waals surface area contributed by atoms with Gasteiger partial charge in [-0.25, -0.2) is 0 Å². The number of nitrogens with zero attached hydrogens (tertiary/aromatic N) is 1. The van der Waals surface area contributed by atoms with E-state index in [4.69, 9.17) is 0 Å². The quantitative estimate of drug-likeness (QED) is 0.769. The maximum absolute atomic E-state index is 12.0. The molecule has 5 heteroatoms. The summed E-state index contributed by atoms with van der Waals surface area (Å²) in [4.78, 5) is 16.2. The number of amides is 1. The molecule has 19 heavy (non-hydrogen) atoms. The number of nitrogens with one attached hydrogen (secondary N) is 2. The lowest BCUT2D eigenvalue weighted by atomic mass is 10.2. The van der Waals surface area contributed by atoms with Crippen molar-refractivity contribution < 1.29 is 4.79 Å². The van der Waals surface area contributed by atoms with Crippen LogP contribution in [0.3, 0.4) is 0 Å². The summed E-state index contributed by atoms with van der Waals surface area (Å²) in [7, 11) is 0. The van der Waals surface area contributed by atoms with Gasteiger partial charge in [0.1, 0.15) is 5.69 Å². The third kappa shape index (κ3) is 5.96. The second-order valence-electron chi connectivity index (χ2n) is 4.39. The largest absolute Gasteiger partial charge is 0.385 e. The zero-order chi connectivity index (χ0) is 14.1. The Morgan fingerprint density at radius 1 is 1.47 bits per heavy atom. The summed E-state index contributed by atoms with van der Waals surface area (Å²) < 4.78 is 0. The van der Waals surface area contributed by atoms with Crippen molar-refractivity contribution in [1.29, 1.82) is 0 Å². The average Bonchev–Trinajstić information content (AvgIpc) is 2.43. The van der Waals surface area contributed by atoms with Gasteiger partial charge in [0, 0.05) is 30.2 Å². The Morgan fingerprint density at radius 3 is 2.95 bits per heavy atom. The number of hydrogen-bond donors (Lipinski definition) is 2. The Morgan fingerprint density at radius 2 is 2.26 bits per heavy atom. The molecule has 0 saturated heterocycles. The molecule has 0 saturated carbocycles. The predicted molar refractivity (Wildman–Crippen MR) is 82.9 cm³/mol. The van der Waals surface area contributed by atoms with E-state index in [1.54, 1.807) is 12.3 Å². The van der Waals surface area contributed by atoms with Gasteiger partial charge in [0.25, 0.3) is 5.91 Å². The number of hydrogen-bond acceptors (Lipinski definition) is 4. The lowest BCUT2D eigenvalue weighted by Crippen LogP contribution is -2.34. The van der Waals surface area contributed by atoms with Gasteiger partial charge in [-0.1, -0.05) is 13.8 Å². The highest BCUT2D eigenvalue weighted by molar-refractivity contribution is 7.99. The van der Waals surface area contributed by atoms with E-state index in [-0.39, 0.29) is 11.9 Å². The molecule has 4 nitrogen and oxygen atoms in total. The van der Waals surface area contributed by atoms with Gasteiger partial charge in [-0.2, -0.15) is 11.8 Å². The average molecular weight is 281 g/mol. The van der Waals surface area contributed by atoms with Crippen LogP contribution in [-0.2, 0) is 0 Å². The van der Waals surface area contributed by atoms with E-state index in [1.165, 1.54) is 0 Å². The van der Waals surface area contributed by atoms with Crippen LogP contribution in [0.5, 0.6) is 0 Å². The zero-order valence-corrected chi connectivity index (χ0v) is 12.7. The maximum atomic E-state index is 12.0. The summed E-state index contributed by atoms with van der Waals surface area (Å²) in [5.41, 5.74) is 1.41. The molecule has 1 rings (SSSR count). The summed E-state index contributed by atoms with van der Waals surface area (Å²) in [6.07, 6.45) is 2.72. The van der Waals surface area contributed by atoms with E-state index in [9.17, 15) is 4.79 Å². The smallest absolute Gasteiger partial charge is 0.270 e. The van der Waals surface area contributed by atoms with E-state index in [1.807, 2.05) is 24.8 Å². The molecule has 1 heterocycles. The monoisotopic (exact) mass is 281 g/mol. The van der Waals surface area contributed by atoms with Gasteiger partial charge in [-0.15, -0.1) is 0 Å². The molecule has 0 fully saturated rings. The highest BCUT2D eigenvalue weighted by atomic mass is 32.2. The highest BCUT2D eigenvalue weighted by Gasteiger charge is 2.11. The number of carbonyl (C=O) groups excluding carboxylic acids is 1. The van der Waals surface area contributed by atoms with Crippen LogP contribution in [0.15, 0.2) is 18.3 Å². The summed E-state index contributed by atoms with van der Waals surface area (Å²) in [5.74, 6) is 1.88. The molecule has 0 bridgehead atoms. The molecule has 1 unspecified atom stereocenters. The fourth-order valence-corrected chi connectivity index (χ4v) is 2.24. The van der Waals surface area contributed by atoms with Crippen molar-refractivity contribution in [3.8, 4) is 0 Å². The maximum Gasteiger partial charge on any atom is 0.270 e. The second-order valence-corrected chi connectivity index (χ2v) is 5.71. The van der Waals surface area contributed by atoms with Crippen molar-refractivity contribution in [2.75, 3.05) is 23.4 Å². The number of aromatic nitrogens is 1. The van der Waals surface area contributed by atoms with E-state index in [0.29, 0.717) is 5.69 Å². The Hall–Kier alpha value is -1.23. The number of thioether (sulfide) groups is 1. The fraction of sp³-hybridized carbons (Fsp3) is 0.571. The van der Waals surface area contributed by atoms with Crippen LogP contribution >= 0.6 is 11.8 Å². The highest BCUT2D eigenvalue weighted by Crippen LogP contribution is 2.09. The minimum absolute atomic E-state index is 0.107. The van der Waals surface area contributed by atoms with Crippen LogP contribution in [-0.4, -0.2) is 35.0 Å². The normalized spacial score (nSPS) is 11.9. The van der Waals surface area contributed by atoms with Crippen LogP contribution in [0, 0.1) is 0 Å².